The van der Waals surface area contributed by atoms with E-state index in [1.165, 1.54) is 10.4 Å². The molecule has 62 valence electrons. The van der Waals surface area contributed by atoms with Gasteiger partial charge in [0.1, 0.15) is 0 Å². The molecular formula is C8H11BrOS. The first-order valence-corrected chi connectivity index (χ1v) is 5.19. The van der Waals surface area contributed by atoms with Crippen LogP contribution < -0.4 is 0 Å². The van der Waals surface area contributed by atoms with E-state index in [4.69, 9.17) is 5.11 Å². The largest absolute Gasteiger partial charge is 0.393 e. The van der Waals surface area contributed by atoms with Crippen LogP contribution in [0.2, 0.25) is 0 Å². The Morgan fingerprint density at radius 3 is 2.73 bits per heavy atom. The smallest absolute Gasteiger partial charge is 0.0560 e. The zero-order valence-corrected chi connectivity index (χ0v) is 9.00. The van der Waals surface area contributed by atoms with Gasteiger partial charge in [-0.1, -0.05) is 0 Å². The maximum Gasteiger partial charge on any atom is 0.0560 e. The summed E-state index contributed by atoms with van der Waals surface area (Å²) in [6, 6.07) is 0. The number of halogens is 1. The Bertz CT molecular complexity index is 242. The topological polar surface area (TPSA) is 20.2 Å². The molecule has 1 aromatic rings. The lowest BCUT2D eigenvalue weighted by molar-refractivity contribution is 0.196. The highest BCUT2D eigenvalue weighted by Crippen LogP contribution is 2.28. The van der Waals surface area contributed by atoms with Crippen molar-refractivity contribution in [2.75, 3.05) is 0 Å². The summed E-state index contributed by atoms with van der Waals surface area (Å²) in [4.78, 5) is 1.23. The molecule has 0 aromatic carbocycles. The van der Waals surface area contributed by atoms with Gasteiger partial charge in [-0.3, -0.25) is 0 Å². The van der Waals surface area contributed by atoms with Gasteiger partial charge in [-0.15, -0.1) is 11.3 Å². The summed E-state index contributed by atoms with van der Waals surface area (Å²) in [5.74, 6) is 0. The molecule has 11 heavy (non-hydrogen) atoms. The highest BCUT2D eigenvalue weighted by atomic mass is 79.9. The Hall–Kier alpha value is 0.140. The average molecular weight is 235 g/mol. The second-order valence-corrected chi connectivity index (χ2v) is 4.47. The summed E-state index contributed by atoms with van der Waals surface area (Å²) in [6.45, 7) is 3.87. The van der Waals surface area contributed by atoms with E-state index in [1.54, 1.807) is 11.3 Å². The predicted octanol–water partition coefficient (Wildman–Crippen LogP) is 2.74. The molecule has 1 rings (SSSR count). The van der Waals surface area contributed by atoms with Crippen molar-refractivity contribution in [3.8, 4) is 0 Å². The number of hydrogen-bond acceptors (Lipinski definition) is 2. The second kappa shape index (κ2) is 3.70. The second-order valence-electron chi connectivity index (χ2n) is 2.71. The minimum atomic E-state index is -0.246. The van der Waals surface area contributed by atoms with Crippen molar-refractivity contribution >= 4 is 27.3 Å². The Labute approximate surface area is 79.2 Å². The van der Waals surface area contributed by atoms with Crippen LogP contribution in [0.15, 0.2) is 9.85 Å². The molecule has 0 saturated carbocycles. The van der Waals surface area contributed by atoms with E-state index in [-0.39, 0.29) is 6.10 Å². The molecule has 0 aliphatic rings. The molecule has 0 spiro atoms. The van der Waals surface area contributed by atoms with Gasteiger partial charge < -0.3 is 5.11 Å². The lowest BCUT2D eigenvalue weighted by atomic mass is 10.2. The van der Waals surface area contributed by atoms with Gasteiger partial charge >= 0.3 is 0 Å². The minimum Gasteiger partial charge on any atom is -0.393 e. The number of rotatable bonds is 2. The Kier molecular flexibility index (Phi) is 3.10. The first-order chi connectivity index (χ1) is 5.11. The molecule has 0 radical (unpaired) electrons. The molecule has 3 heteroatoms. The number of aryl methyl sites for hydroxylation is 1. The van der Waals surface area contributed by atoms with Gasteiger partial charge in [0.2, 0.25) is 0 Å². The predicted molar refractivity (Wildman–Crippen MR) is 52.1 cm³/mol. The molecule has 1 atom stereocenters. The summed E-state index contributed by atoms with van der Waals surface area (Å²) in [7, 11) is 0. The molecule has 0 bridgehead atoms. The fraction of sp³-hybridized carbons (Fsp3) is 0.500. The van der Waals surface area contributed by atoms with E-state index in [0.717, 1.165) is 10.9 Å². The highest BCUT2D eigenvalue weighted by molar-refractivity contribution is 9.10. The number of hydrogen-bond donors (Lipinski definition) is 1. The maximum absolute atomic E-state index is 9.13. The molecule has 0 aliphatic carbocycles. The van der Waals surface area contributed by atoms with Gasteiger partial charge in [-0.2, -0.15) is 0 Å². The van der Waals surface area contributed by atoms with Crippen molar-refractivity contribution in [3.05, 3.63) is 20.3 Å². The third kappa shape index (κ3) is 2.29. The zero-order chi connectivity index (χ0) is 8.43. The van der Waals surface area contributed by atoms with Crippen LogP contribution in [0.4, 0.5) is 0 Å². The monoisotopic (exact) mass is 234 g/mol. The molecule has 0 amide bonds. The first kappa shape index (κ1) is 9.23. The minimum absolute atomic E-state index is 0.246. The number of aliphatic hydroxyl groups is 1. The molecule has 0 aliphatic heterocycles. The van der Waals surface area contributed by atoms with Crippen molar-refractivity contribution in [2.45, 2.75) is 26.4 Å². The summed E-state index contributed by atoms with van der Waals surface area (Å²) >= 11 is 5.18. The van der Waals surface area contributed by atoms with Gasteiger partial charge in [-0.05, 0) is 40.7 Å². The van der Waals surface area contributed by atoms with Crippen LogP contribution in [0.25, 0.3) is 0 Å². The first-order valence-electron chi connectivity index (χ1n) is 3.51. The van der Waals surface area contributed by atoms with Gasteiger partial charge in [0, 0.05) is 15.8 Å². The van der Waals surface area contributed by atoms with Crippen LogP contribution in [-0.2, 0) is 6.42 Å². The van der Waals surface area contributed by atoms with Crippen LogP contribution >= 0.6 is 27.3 Å². The fourth-order valence-corrected chi connectivity index (χ4v) is 2.64. The lowest BCUT2D eigenvalue weighted by Crippen LogP contribution is -2.02. The Morgan fingerprint density at radius 2 is 2.36 bits per heavy atom. The van der Waals surface area contributed by atoms with Gasteiger partial charge in [0.25, 0.3) is 0 Å². The van der Waals surface area contributed by atoms with E-state index in [0.29, 0.717) is 0 Å². The number of thiophene rings is 1. The average Bonchev–Trinajstić information content (AvgIpc) is 2.18. The zero-order valence-electron chi connectivity index (χ0n) is 6.60. The van der Waals surface area contributed by atoms with Crippen molar-refractivity contribution in [2.24, 2.45) is 0 Å². The summed E-state index contributed by atoms with van der Waals surface area (Å²) in [5, 5.41) is 11.2. The summed E-state index contributed by atoms with van der Waals surface area (Å²) in [5.41, 5.74) is 1.26. The highest BCUT2D eigenvalue weighted by Gasteiger charge is 2.07. The van der Waals surface area contributed by atoms with Crippen LogP contribution in [0.5, 0.6) is 0 Å². The van der Waals surface area contributed by atoms with Gasteiger partial charge in [0.05, 0.1) is 6.10 Å². The van der Waals surface area contributed by atoms with Crippen molar-refractivity contribution in [1.29, 1.82) is 0 Å². The van der Waals surface area contributed by atoms with Crippen LogP contribution in [0, 0.1) is 6.92 Å². The molecule has 0 fully saturated rings. The molecule has 1 heterocycles. The standard InChI is InChI=1S/C8H11BrOS/c1-5-4-11-7(8(5)9)3-6(2)10/h4,6,10H,3H2,1-2H3. The molecule has 0 saturated heterocycles. The maximum atomic E-state index is 9.13. The van der Waals surface area contributed by atoms with Crippen LogP contribution in [0.1, 0.15) is 17.4 Å². The van der Waals surface area contributed by atoms with Gasteiger partial charge in [-0.25, -0.2) is 0 Å². The van der Waals surface area contributed by atoms with Crippen LogP contribution in [-0.4, -0.2) is 11.2 Å². The normalized spacial score (nSPS) is 13.5. The van der Waals surface area contributed by atoms with Gasteiger partial charge in [0.15, 0.2) is 0 Å². The third-order valence-electron chi connectivity index (χ3n) is 1.45. The van der Waals surface area contributed by atoms with E-state index < -0.39 is 0 Å². The molecule has 1 nitrogen and oxygen atoms in total. The Balaban J connectivity index is 2.79. The SMILES string of the molecule is Cc1csc(CC(C)O)c1Br. The van der Waals surface area contributed by atoms with E-state index >= 15 is 0 Å². The van der Waals surface area contributed by atoms with Crippen LogP contribution in [0.3, 0.4) is 0 Å². The van der Waals surface area contributed by atoms with E-state index in [9.17, 15) is 0 Å². The number of aliphatic hydroxyl groups excluding tert-OH is 1. The summed E-state index contributed by atoms with van der Waals surface area (Å²) in [6.07, 6.45) is 0.503. The Morgan fingerprint density at radius 1 is 1.73 bits per heavy atom. The third-order valence-corrected chi connectivity index (χ3v) is 3.94. The fourth-order valence-electron chi connectivity index (χ4n) is 0.889. The lowest BCUT2D eigenvalue weighted by Gasteiger charge is -2.01. The molecule has 1 unspecified atom stereocenters. The van der Waals surface area contributed by atoms with E-state index in [1.807, 2.05) is 6.92 Å². The summed E-state index contributed by atoms with van der Waals surface area (Å²) < 4.78 is 1.16. The van der Waals surface area contributed by atoms with Crippen molar-refractivity contribution in [1.82, 2.24) is 0 Å². The van der Waals surface area contributed by atoms with Crippen molar-refractivity contribution in [3.63, 3.8) is 0 Å². The molecular weight excluding hydrogens is 224 g/mol. The molecule has 1 aromatic heterocycles. The van der Waals surface area contributed by atoms with Crippen molar-refractivity contribution < 1.29 is 5.11 Å². The quantitative estimate of drug-likeness (QED) is 0.835. The van der Waals surface area contributed by atoms with E-state index in [2.05, 4.69) is 28.2 Å². The molecule has 1 N–H and O–H groups in total.